The number of H-pyrrole nitrogens is 1. The van der Waals surface area contributed by atoms with Gasteiger partial charge < -0.3 is 0 Å². The molecular formula is C8H7FN4O2S. The van der Waals surface area contributed by atoms with E-state index in [1.807, 2.05) is 0 Å². The van der Waals surface area contributed by atoms with E-state index in [0.29, 0.717) is 0 Å². The number of nitrogens with zero attached hydrogens (tertiary/aromatic N) is 2. The van der Waals surface area contributed by atoms with Crippen molar-refractivity contribution in [3.05, 3.63) is 36.5 Å². The molecule has 0 aromatic carbocycles. The highest BCUT2D eigenvalue weighted by Crippen LogP contribution is 2.12. The van der Waals surface area contributed by atoms with E-state index in [2.05, 4.69) is 19.9 Å². The predicted molar refractivity (Wildman–Crippen MR) is 53.6 cm³/mol. The number of pyridine rings is 1. The zero-order valence-electron chi connectivity index (χ0n) is 7.88. The van der Waals surface area contributed by atoms with Crippen LogP contribution in [0.5, 0.6) is 0 Å². The first-order chi connectivity index (χ1) is 7.58. The Kier molecular flexibility index (Phi) is 2.57. The third-order valence-electron chi connectivity index (χ3n) is 1.74. The molecule has 0 spiro atoms. The van der Waals surface area contributed by atoms with Gasteiger partial charge in [-0.05, 0) is 18.2 Å². The number of rotatable bonds is 3. The molecule has 6 nitrogen and oxygen atoms in total. The van der Waals surface area contributed by atoms with Crippen molar-refractivity contribution >= 4 is 15.7 Å². The minimum Gasteiger partial charge on any atom is -0.277 e. The monoisotopic (exact) mass is 242 g/mol. The normalized spacial score (nSPS) is 11.3. The Labute approximate surface area is 90.6 Å². The van der Waals surface area contributed by atoms with Crippen LogP contribution in [-0.2, 0) is 10.0 Å². The molecule has 0 saturated heterocycles. The maximum atomic E-state index is 12.5. The maximum Gasteiger partial charge on any atom is 0.278 e. The summed E-state index contributed by atoms with van der Waals surface area (Å²) in [7, 11) is -3.71. The van der Waals surface area contributed by atoms with Gasteiger partial charge in [-0.1, -0.05) is 0 Å². The van der Waals surface area contributed by atoms with Gasteiger partial charge in [0.15, 0.2) is 5.03 Å². The average molecular weight is 242 g/mol. The summed E-state index contributed by atoms with van der Waals surface area (Å²) >= 11 is 0. The molecule has 0 aliphatic heterocycles. The molecule has 0 unspecified atom stereocenters. The Balaban J connectivity index is 2.25. The molecule has 0 atom stereocenters. The molecule has 0 radical (unpaired) electrons. The highest BCUT2D eigenvalue weighted by Gasteiger charge is 2.15. The van der Waals surface area contributed by atoms with Crippen molar-refractivity contribution < 1.29 is 12.8 Å². The average Bonchev–Trinajstić information content (AvgIpc) is 2.75. The topological polar surface area (TPSA) is 87.7 Å². The van der Waals surface area contributed by atoms with Crippen molar-refractivity contribution in [2.45, 2.75) is 5.03 Å². The Morgan fingerprint density at radius 3 is 2.69 bits per heavy atom. The molecular weight excluding hydrogens is 235 g/mol. The van der Waals surface area contributed by atoms with Gasteiger partial charge >= 0.3 is 0 Å². The summed E-state index contributed by atoms with van der Waals surface area (Å²) in [6.45, 7) is 0. The molecule has 0 aliphatic carbocycles. The van der Waals surface area contributed by atoms with E-state index >= 15 is 0 Å². The van der Waals surface area contributed by atoms with E-state index in [9.17, 15) is 12.8 Å². The van der Waals surface area contributed by atoms with Gasteiger partial charge in [-0.25, -0.2) is 4.98 Å². The first-order valence-corrected chi connectivity index (χ1v) is 5.70. The van der Waals surface area contributed by atoms with Crippen LogP contribution in [0.4, 0.5) is 10.1 Å². The Bertz CT molecular complexity index is 565. The van der Waals surface area contributed by atoms with Gasteiger partial charge in [0, 0.05) is 0 Å². The van der Waals surface area contributed by atoms with Gasteiger partial charge in [0.2, 0.25) is 5.95 Å². The molecule has 2 rings (SSSR count). The number of aromatic nitrogens is 3. The second-order valence-corrected chi connectivity index (χ2v) is 4.55. The quantitative estimate of drug-likeness (QED) is 0.777. The van der Waals surface area contributed by atoms with E-state index in [1.165, 1.54) is 18.3 Å². The van der Waals surface area contributed by atoms with Crippen molar-refractivity contribution in [3.63, 3.8) is 0 Å². The summed E-state index contributed by atoms with van der Waals surface area (Å²) in [4.78, 5) is 3.33. The first-order valence-electron chi connectivity index (χ1n) is 4.22. The van der Waals surface area contributed by atoms with E-state index < -0.39 is 16.0 Å². The Morgan fingerprint density at radius 2 is 2.12 bits per heavy atom. The van der Waals surface area contributed by atoms with E-state index in [0.717, 1.165) is 12.3 Å². The van der Waals surface area contributed by atoms with Crippen molar-refractivity contribution in [1.82, 2.24) is 15.2 Å². The highest BCUT2D eigenvalue weighted by molar-refractivity contribution is 7.92. The smallest absolute Gasteiger partial charge is 0.277 e. The van der Waals surface area contributed by atoms with Crippen molar-refractivity contribution in [2.24, 2.45) is 0 Å². The summed E-state index contributed by atoms with van der Waals surface area (Å²) in [5, 5.41) is 5.77. The molecule has 0 amide bonds. The van der Waals surface area contributed by atoms with Crippen LogP contribution >= 0.6 is 0 Å². The zero-order chi connectivity index (χ0) is 11.6. The number of hydrogen-bond donors (Lipinski definition) is 2. The van der Waals surface area contributed by atoms with Crippen molar-refractivity contribution in [2.75, 3.05) is 4.72 Å². The predicted octanol–water partition coefficient (Wildman–Crippen LogP) is 0.745. The molecule has 2 N–H and O–H groups in total. The molecule has 2 aromatic rings. The number of aromatic amines is 1. The molecule has 8 heteroatoms. The number of hydrogen-bond acceptors (Lipinski definition) is 4. The molecule has 0 saturated carbocycles. The minimum absolute atomic E-state index is 0.0724. The summed E-state index contributed by atoms with van der Waals surface area (Å²) in [6, 6.07) is 3.64. The van der Waals surface area contributed by atoms with Crippen LogP contribution in [0.25, 0.3) is 0 Å². The van der Waals surface area contributed by atoms with Gasteiger partial charge in [-0.15, -0.1) is 0 Å². The summed E-state index contributed by atoms with van der Waals surface area (Å²) in [5.41, 5.74) is 0.177. The Morgan fingerprint density at radius 1 is 1.31 bits per heavy atom. The second-order valence-electron chi connectivity index (χ2n) is 2.90. The van der Waals surface area contributed by atoms with Crippen molar-refractivity contribution in [1.29, 1.82) is 0 Å². The third-order valence-corrected chi connectivity index (χ3v) is 3.06. The van der Waals surface area contributed by atoms with Gasteiger partial charge in [0.05, 0.1) is 18.1 Å². The maximum absolute atomic E-state index is 12.5. The minimum atomic E-state index is -3.71. The van der Waals surface area contributed by atoms with Crippen LogP contribution in [0.2, 0.25) is 0 Å². The van der Waals surface area contributed by atoms with Crippen LogP contribution in [0.15, 0.2) is 35.6 Å². The largest absolute Gasteiger partial charge is 0.278 e. The van der Waals surface area contributed by atoms with Crippen LogP contribution in [0.3, 0.4) is 0 Å². The fraction of sp³-hybridized carbons (Fsp3) is 0. The number of nitrogens with one attached hydrogen (secondary N) is 2. The standard InChI is InChI=1S/C8H7FN4O2S/c9-7-2-1-6(5-10-7)13-16(14,15)8-3-4-11-12-8/h1-5,13H,(H,11,12). The molecule has 0 fully saturated rings. The van der Waals surface area contributed by atoms with Crippen LogP contribution in [-0.4, -0.2) is 23.6 Å². The van der Waals surface area contributed by atoms with E-state index in [-0.39, 0.29) is 10.7 Å². The lowest BCUT2D eigenvalue weighted by Gasteiger charge is -2.04. The SMILES string of the molecule is O=S(=O)(Nc1ccc(F)nc1)c1ccn[nH]1. The lowest BCUT2D eigenvalue weighted by Crippen LogP contribution is -2.13. The van der Waals surface area contributed by atoms with Gasteiger partial charge in [-0.2, -0.15) is 17.9 Å². The summed E-state index contributed by atoms with van der Waals surface area (Å²) in [6.07, 6.45) is 2.40. The lowest BCUT2D eigenvalue weighted by atomic mass is 10.4. The van der Waals surface area contributed by atoms with Crippen molar-refractivity contribution in [3.8, 4) is 0 Å². The Hall–Kier alpha value is -1.96. The fourth-order valence-corrected chi connectivity index (χ4v) is 1.99. The molecule has 2 heterocycles. The lowest BCUT2D eigenvalue weighted by molar-refractivity contribution is 0.583. The molecule has 2 aromatic heterocycles. The molecule has 84 valence electrons. The van der Waals surface area contributed by atoms with E-state index in [4.69, 9.17) is 0 Å². The third kappa shape index (κ3) is 2.16. The number of halogens is 1. The van der Waals surface area contributed by atoms with Crippen LogP contribution in [0.1, 0.15) is 0 Å². The van der Waals surface area contributed by atoms with Crippen LogP contribution in [0, 0.1) is 5.95 Å². The highest BCUT2D eigenvalue weighted by atomic mass is 32.2. The number of sulfonamides is 1. The van der Waals surface area contributed by atoms with Gasteiger partial charge in [0.1, 0.15) is 0 Å². The summed E-state index contributed by atoms with van der Waals surface area (Å²) < 4.78 is 38.0. The van der Waals surface area contributed by atoms with Crippen LogP contribution < -0.4 is 4.72 Å². The first kappa shape index (κ1) is 10.6. The number of anilines is 1. The fourth-order valence-electron chi connectivity index (χ4n) is 1.04. The summed E-state index contributed by atoms with van der Waals surface area (Å²) in [5.74, 6) is -0.676. The second kappa shape index (κ2) is 3.89. The van der Waals surface area contributed by atoms with Gasteiger partial charge in [-0.3, -0.25) is 9.82 Å². The zero-order valence-corrected chi connectivity index (χ0v) is 8.70. The van der Waals surface area contributed by atoms with Gasteiger partial charge in [0.25, 0.3) is 10.0 Å². The molecule has 0 bridgehead atoms. The van der Waals surface area contributed by atoms with E-state index in [1.54, 1.807) is 0 Å². The molecule has 0 aliphatic rings. The molecule has 16 heavy (non-hydrogen) atoms.